The molecular formula is C48H40Fe4N4O24. The fraction of sp³-hybridized carbons (Fsp3) is 0.167. The van der Waals surface area contributed by atoms with Crippen molar-refractivity contribution in [3.05, 3.63) is 166 Å². The van der Waals surface area contributed by atoms with Gasteiger partial charge in [-0.1, -0.05) is 52.0 Å². The van der Waals surface area contributed by atoms with E-state index in [0.717, 1.165) is 72.8 Å². The quantitative estimate of drug-likeness (QED) is 0.0722. The Bertz CT molecular complexity index is 2350. The number of ketones is 4. The van der Waals surface area contributed by atoms with Gasteiger partial charge in [0, 0.05) is 0 Å². The molecule has 0 amide bonds. The monoisotopic (exact) mass is 1280 g/mol. The minimum atomic E-state index is -1.52. The number of hydrogen-bond donors (Lipinski definition) is 0. The molecule has 0 fully saturated rings. The van der Waals surface area contributed by atoms with E-state index < -0.39 is 93.3 Å². The predicted octanol–water partition coefficient (Wildman–Crippen LogP) is -9.42. The smallest absolute Gasteiger partial charge is 0.876 e. The van der Waals surface area contributed by atoms with Gasteiger partial charge in [-0.25, -0.2) is 19.9 Å². The van der Waals surface area contributed by atoms with Crippen LogP contribution in [0.5, 0.6) is 0 Å². The van der Waals surface area contributed by atoms with Crippen molar-refractivity contribution in [2.75, 3.05) is 0 Å². The Balaban J connectivity index is -0.000000124. The second-order valence-corrected chi connectivity index (χ2v) is 13.4. The third-order valence-electron chi connectivity index (χ3n) is 6.30. The molecule has 4 heterocycles. The molecule has 0 aliphatic heterocycles. The third kappa shape index (κ3) is 51.4. The summed E-state index contributed by atoms with van der Waals surface area (Å²) in [6.07, 6.45) is 4.22. The van der Waals surface area contributed by atoms with Gasteiger partial charge in [0.05, 0.1) is 93.3 Å². The predicted molar refractivity (Wildman–Crippen MR) is 229 cm³/mol. The van der Waals surface area contributed by atoms with Crippen LogP contribution in [0.4, 0.5) is 0 Å². The summed E-state index contributed by atoms with van der Waals surface area (Å²) >= 11 is 0. The summed E-state index contributed by atoms with van der Waals surface area (Å²) in [6.45, 7) is 10.8. The van der Waals surface area contributed by atoms with Crippen molar-refractivity contribution in [1.82, 2.24) is 19.9 Å². The first-order chi connectivity index (χ1) is 34.9. The zero-order valence-electron chi connectivity index (χ0n) is 42.2. The molecule has 0 aliphatic rings. The first-order valence-electron chi connectivity index (χ1n) is 20.0. The van der Waals surface area contributed by atoms with E-state index >= 15 is 0 Å². The molecule has 80 heavy (non-hydrogen) atoms. The van der Waals surface area contributed by atoms with Crippen LogP contribution in [0.1, 0.15) is 139 Å². The van der Waals surface area contributed by atoms with Gasteiger partial charge < -0.3 is 99.6 Å². The van der Waals surface area contributed by atoms with Gasteiger partial charge in [-0.15, -0.1) is 23.0 Å². The summed E-state index contributed by atoms with van der Waals surface area (Å²) in [4.78, 5) is 134. The number of carbonyl (C=O) groups excluding carboxylic acids is 12. The van der Waals surface area contributed by atoms with Crippen LogP contribution in [-0.2, 0) is 87.5 Å². The number of aromatic nitrogens is 4. The van der Waals surface area contributed by atoms with Crippen LogP contribution in [0.2, 0.25) is 0 Å². The zero-order valence-corrected chi connectivity index (χ0v) is 46.7. The molecule has 0 saturated heterocycles. The first-order valence-corrected chi connectivity index (χ1v) is 20.0. The molecule has 4 rings (SSSR count). The molecule has 0 aliphatic carbocycles. The molecule has 428 valence electrons. The van der Waals surface area contributed by atoms with Crippen molar-refractivity contribution in [1.29, 1.82) is 0 Å². The molecule has 28 nitrogen and oxygen atoms in total. The van der Waals surface area contributed by atoms with Gasteiger partial charge in [0.15, 0.2) is 23.1 Å². The van der Waals surface area contributed by atoms with Gasteiger partial charge in [-0.2, -0.15) is 0 Å². The zero-order chi connectivity index (χ0) is 60.0. The van der Waals surface area contributed by atoms with Crippen LogP contribution < -0.4 is 61.3 Å². The molecule has 0 spiro atoms. The Kier molecular flexibility index (Phi) is 53.4. The van der Waals surface area contributed by atoms with Gasteiger partial charge >= 0.3 is 68.3 Å². The summed E-state index contributed by atoms with van der Waals surface area (Å²) in [5.74, 6) is -13.6. The van der Waals surface area contributed by atoms with Crippen LogP contribution in [0.15, 0.2) is 120 Å². The van der Waals surface area contributed by atoms with E-state index in [1.807, 2.05) is 0 Å². The molecular weight excluding hydrogens is 1240 g/mol. The normalized spacial score (nSPS) is 9.60. The molecule has 0 N–H and O–H groups in total. The van der Waals surface area contributed by atoms with Crippen molar-refractivity contribution >= 4 is 70.9 Å². The van der Waals surface area contributed by atoms with E-state index in [9.17, 15) is 119 Å². The minimum Gasteiger partial charge on any atom is -0.876 e. The van der Waals surface area contributed by atoms with Crippen LogP contribution >= 0.6 is 0 Å². The second kappa shape index (κ2) is 48.6. The summed E-state index contributed by atoms with van der Waals surface area (Å²) in [5, 5.41) is 121. The van der Waals surface area contributed by atoms with Crippen LogP contribution in [0.25, 0.3) is 0 Å². The maximum atomic E-state index is 10.2. The minimum absolute atomic E-state index is 0. The number of pyridine rings is 4. The standard InChI is InChI=1S/4C7H5NO4.4C5H8O2.4Fe/c4*9-6(10)4-2-1-3-5(8-4)7(11)12;4*1-4(6)3-5(2)7;;;;/h4*1-3H,(H,9,10)(H,11,12);4*3,6H,1-2H3;;;;/q;;;;;;;;4*+3/p-12/b;;;;4*4-3-;;;;. The Hall–Kier alpha value is -8.72. The van der Waals surface area contributed by atoms with Crippen LogP contribution in [0, 0.1) is 0 Å². The molecule has 0 saturated carbocycles. The van der Waals surface area contributed by atoms with Crippen molar-refractivity contribution in [2.45, 2.75) is 55.4 Å². The average molecular weight is 1280 g/mol. The summed E-state index contributed by atoms with van der Waals surface area (Å²) in [6, 6.07) is 14.1. The Morgan fingerprint density at radius 3 is 0.400 bits per heavy atom. The van der Waals surface area contributed by atoms with E-state index in [4.69, 9.17) is 0 Å². The molecule has 4 aromatic rings. The van der Waals surface area contributed by atoms with Crippen LogP contribution in [-0.4, -0.2) is 90.8 Å². The van der Waals surface area contributed by atoms with Crippen LogP contribution in [0.3, 0.4) is 0 Å². The van der Waals surface area contributed by atoms with Crippen molar-refractivity contribution in [2.24, 2.45) is 0 Å². The van der Waals surface area contributed by atoms with Gasteiger partial charge in [0.25, 0.3) is 0 Å². The molecule has 4 radical (unpaired) electrons. The molecule has 0 atom stereocenters. The number of rotatable bonds is 12. The Morgan fingerprint density at radius 2 is 0.350 bits per heavy atom. The molecule has 4 aromatic heterocycles. The molecule has 32 heteroatoms. The van der Waals surface area contributed by atoms with Gasteiger partial charge in [-0.3, -0.25) is 19.2 Å². The van der Waals surface area contributed by atoms with Crippen molar-refractivity contribution < 1.29 is 187 Å². The van der Waals surface area contributed by atoms with Crippen molar-refractivity contribution in [3.63, 3.8) is 0 Å². The van der Waals surface area contributed by atoms with E-state index in [-0.39, 0.29) is 114 Å². The SMILES string of the molecule is CC(=O)/C=C(/C)[O-].CC(=O)/C=C(/C)[O-].CC(=O)/C=C(/C)[O-].CC(=O)/C=C(/C)[O-].O=C([O-])c1cccc(C(=O)[O-])n1.O=C([O-])c1cccc(C(=O)[O-])n1.O=C([O-])c1cccc(C(=O)[O-])n1.O=C([O-])c1cccc(C(=O)[O-])n1.[Fe+3].[Fe+3].[Fe+3].[Fe+3]. The average Bonchev–Trinajstić information content (AvgIpc) is 3.28. The van der Waals surface area contributed by atoms with Gasteiger partial charge in [0.2, 0.25) is 0 Å². The Labute approximate surface area is 496 Å². The maximum Gasteiger partial charge on any atom is 3.00 e. The largest absolute Gasteiger partial charge is 3.00 e. The fourth-order valence-electron chi connectivity index (χ4n) is 3.79. The third-order valence-corrected chi connectivity index (χ3v) is 6.30. The second-order valence-electron chi connectivity index (χ2n) is 13.4. The number of carbonyl (C=O) groups is 12. The Morgan fingerprint density at radius 1 is 0.250 bits per heavy atom. The number of nitrogens with zero attached hydrogens (tertiary/aromatic N) is 4. The summed E-state index contributed by atoms with van der Waals surface area (Å²) in [7, 11) is 0. The summed E-state index contributed by atoms with van der Waals surface area (Å²) < 4.78 is 0. The van der Waals surface area contributed by atoms with E-state index in [2.05, 4.69) is 19.9 Å². The van der Waals surface area contributed by atoms with Gasteiger partial charge in [-0.05, 0) is 101 Å². The van der Waals surface area contributed by atoms with Gasteiger partial charge in [0.1, 0.15) is 0 Å². The number of carboxylic acid groups (broad SMARTS) is 8. The number of carboxylic acids is 8. The first kappa shape index (κ1) is 87.9. The summed E-state index contributed by atoms with van der Waals surface area (Å²) in [5.41, 5.74) is -3.36. The van der Waals surface area contributed by atoms with E-state index in [1.54, 1.807) is 0 Å². The number of hydrogen-bond acceptors (Lipinski definition) is 28. The topological polar surface area (TPSA) is 533 Å². The molecule has 0 aromatic carbocycles. The maximum absolute atomic E-state index is 10.2. The number of allylic oxidation sites excluding steroid dienone is 8. The fourth-order valence-corrected chi connectivity index (χ4v) is 3.79. The molecule has 0 unspecified atom stereocenters. The van der Waals surface area contributed by atoms with E-state index in [0.29, 0.717) is 0 Å². The van der Waals surface area contributed by atoms with Crippen molar-refractivity contribution in [3.8, 4) is 0 Å². The van der Waals surface area contributed by atoms with E-state index in [1.165, 1.54) is 79.7 Å². The molecule has 0 bridgehead atoms. The number of aromatic carboxylic acids is 8.